The van der Waals surface area contributed by atoms with Crippen LogP contribution in [0.2, 0.25) is 0 Å². The van der Waals surface area contributed by atoms with Gasteiger partial charge in [-0.25, -0.2) is 0 Å². The highest BCUT2D eigenvalue weighted by molar-refractivity contribution is 5.44. The Hall–Kier alpha value is -1.66. The number of hydrogen-bond donors (Lipinski definition) is 1. The Morgan fingerprint density at radius 2 is 2.42 bits per heavy atom. The average Bonchev–Trinajstić information content (AvgIpc) is 2.89. The van der Waals surface area contributed by atoms with Gasteiger partial charge in [-0.1, -0.05) is 0 Å². The maximum absolute atomic E-state index is 10.7. The van der Waals surface area contributed by atoms with Gasteiger partial charge in [-0.15, -0.1) is 0 Å². The molecule has 2 atom stereocenters. The van der Waals surface area contributed by atoms with E-state index in [9.17, 15) is 15.2 Å². The Bertz CT molecular complexity index is 454. The zero-order valence-corrected chi connectivity index (χ0v) is 10.7. The molecule has 0 aromatic heterocycles. The molecule has 1 aromatic rings. The summed E-state index contributed by atoms with van der Waals surface area (Å²) in [6, 6.07) is 4.27. The van der Waals surface area contributed by atoms with Gasteiger partial charge in [0.15, 0.2) is 0 Å². The van der Waals surface area contributed by atoms with Crippen molar-refractivity contribution in [3.63, 3.8) is 0 Å². The van der Waals surface area contributed by atoms with Gasteiger partial charge in [0.1, 0.15) is 5.75 Å². The average molecular weight is 267 g/mol. The van der Waals surface area contributed by atoms with E-state index in [1.54, 1.807) is 6.92 Å². The van der Waals surface area contributed by atoms with Crippen LogP contribution in [0.15, 0.2) is 18.2 Å². The number of nitrogens with zero attached hydrogens (tertiary/aromatic N) is 1. The number of non-ortho nitro benzene ring substituents is 1. The van der Waals surface area contributed by atoms with Crippen molar-refractivity contribution >= 4 is 5.69 Å². The fourth-order valence-electron chi connectivity index (χ4n) is 2.03. The van der Waals surface area contributed by atoms with Crippen LogP contribution in [0.5, 0.6) is 5.75 Å². The van der Waals surface area contributed by atoms with E-state index in [0.29, 0.717) is 30.4 Å². The molecule has 0 amide bonds. The van der Waals surface area contributed by atoms with E-state index < -0.39 is 11.0 Å². The summed E-state index contributed by atoms with van der Waals surface area (Å²) in [5.41, 5.74) is 0.389. The van der Waals surface area contributed by atoms with Crippen molar-refractivity contribution in [1.29, 1.82) is 0 Å². The first-order valence-corrected chi connectivity index (χ1v) is 6.25. The lowest BCUT2D eigenvalue weighted by atomic mass is 10.1. The number of rotatable bonds is 5. The third-order valence-corrected chi connectivity index (χ3v) is 3.15. The molecule has 1 N–H and O–H groups in total. The summed E-state index contributed by atoms with van der Waals surface area (Å²) in [5.74, 6) is 0.838. The third kappa shape index (κ3) is 3.42. The van der Waals surface area contributed by atoms with Crippen molar-refractivity contribution in [2.24, 2.45) is 5.92 Å². The van der Waals surface area contributed by atoms with Gasteiger partial charge in [-0.05, 0) is 19.4 Å². The van der Waals surface area contributed by atoms with Crippen LogP contribution >= 0.6 is 0 Å². The Labute approximate surface area is 111 Å². The minimum Gasteiger partial charge on any atom is -0.493 e. The first-order valence-electron chi connectivity index (χ1n) is 6.25. The first kappa shape index (κ1) is 13.8. The summed E-state index contributed by atoms with van der Waals surface area (Å²) in [6.07, 6.45) is 0.145. The Morgan fingerprint density at radius 1 is 1.63 bits per heavy atom. The highest BCUT2D eigenvalue weighted by Crippen LogP contribution is 2.30. The number of nitro groups is 1. The van der Waals surface area contributed by atoms with Crippen molar-refractivity contribution in [3.05, 3.63) is 33.9 Å². The van der Waals surface area contributed by atoms with E-state index in [2.05, 4.69) is 0 Å². The van der Waals surface area contributed by atoms with Crippen molar-refractivity contribution in [2.45, 2.75) is 19.4 Å². The summed E-state index contributed by atoms with van der Waals surface area (Å²) in [6.45, 7) is 3.48. The smallest absolute Gasteiger partial charge is 0.270 e. The topological polar surface area (TPSA) is 81.8 Å². The molecule has 1 unspecified atom stereocenters. The van der Waals surface area contributed by atoms with Gasteiger partial charge < -0.3 is 14.6 Å². The molecule has 1 saturated heterocycles. The predicted octanol–water partition coefficient (Wildman–Crippen LogP) is 2.06. The summed E-state index contributed by atoms with van der Waals surface area (Å²) in [4.78, 5) is 10.2. The fraction of sp³-hybridized carbons (Fsp3) is 0.538. The van der Waals surface area contributed by atoms with Crippen molar-refractivity contribution < 1.29 is 19.5 Å². The van der Waals surface area contributed by atoms with Gasteiger partial charge in [-0.3, -0.25) is 10.1 Å². The molecule has 1 heterocycles. The Morgan fingerprint density at radius 3 is 3.00 bits per heavy atom. The molecular weight excluding hydrogens is 250 g/mol. The van der Waals surface area contributed by atoms with Gasteiger partial charge in [0.05, 0.1) is 24.2 Å². The second-order valence-corrected chi connectivity index (χ2v) is 4.70. The van der Waals surface area contributed by atoms with Gasteiger partial charge in [-0.2, -0.15) is 0 Å². The van der Waals surface area contributed by atoms with E-state index in [-0.39, 0.29) is 5.69 Å². The van der Waals surface area contributed by atoms with E-state index in [4.69, 9.17) is 9.47 Å². The van der Waals surface area contributed by atoms with Gasteiger partial charge in [0, 0.05) is 30.2 Å². The molecular formula is C13H17NO5. The third-order valence-electron chi connectivity index (χ3n) is 3.15. The molecule has 6 heteroatoms. The maximum atomic E-state index is 10.7. The summed E-state index contributed by atoms with van der Waals surface area (Å²) in [5, 5.41) is 20.4. The van der Waals surface area contributed by atoms with Gasteiger partial charge >= 0.3 is 0 Å². The number of aliphatic hydroxyl groups is 1. The largest absolute Gasteiger partial charge is 0.493 e. The molecule has 1 aliphatic rings. The molecule has 0 aliphatic carbocycles. The summed E-state index contributed by atoms with van der Waals surface area (Å²) < 4.78 is 10.9. The van der Waals surface area contributed by atoms with Crippen LogP contribution in [-0.4, -0.2) is 29.9 Å². The summed E-state index contributed by atoms with van der Waals surface area (Å²) in [7, 11) is 0. The van der Waals surface area contributed by atoms with Crippen LogP contribution < -0.4 is 4.74 Å². The molecule has 1 aromatic carbocycles. The molecule has 0 saturated carbocycles. The normalized spacial score (nSPS) is 20.2. The highest BCUT2D eigenvalue weighted by Gasteiger charge is 2.19. The monoisotopic (exact) mass is 267 g/mol. The summed E-state index contributed by atoms with van der Waals surface area (Å²) >= 11 is 0. The first-order chi connectivity index (χ1) is 9.08. The minimum atomic E-state index is -0.810. The van der Waals surface area contributed by atoms with E-state index in [1.807, 2.05) is 0 Å². The van der Waals surface area contributed by atoms with E-state index in [1.165, 1.54) is 18.2 Å². The molecule has 6 nitrogen and oxygen atoms in total. The van der Waals surface area contributed by atoms with E-state index in [0.717, 1.165) is 13.0 Å². The highest BCUT2D eigenvalue weighted by atomic mass is 16.6. The van der Waals surface area contributed by atoms with Crippen molar-refractivity contribution in [3.8, 4) is 5.75 Å². The van der Waals surface area contributed by atoms with Crippen LogP contribution in [-0.2, 0) is 4.74 Å². The lowest BCUT2D eigenvalue weighted by molar-refractivity contribution is -0.385. The lowest BCUT2D eigenvalue weighted by Gasteiger charge is -2.15. The molecule has 19 heavy (non-hydrogen) atoms. The standard InChI is InChI=1S/C13H17NO5/c1-9(15)12-6-11(14(16)17)2-3-13(12)19-8-10-4-5-18-7-10/h2-3,6,9-10,15H,4-5,7-8H2,1H3/t9-,10?/m1/s1. The molecule has 0 bridgehead atoms. The van der Waals surface area contributed by atoms with Gasteiger partial charge in [0.2, 0.25) is 0 Å². The number of benzene rings is 1. The molecule has 2 rings (SSSR count). The molecule has 0 radical (unpaired) electrons. The number of aliphatic hydroxyl groups excluding tert-OH is 1. The van der Waals surface area contributed by atoms with Crippen LogP contribution in [0.4, 0.5) is 5.69 Å². The molecule has 0 spiro atoms. The fourth-order valence-corrected chi connectivity index (χ4v) is 2.03. The zero-order valence-electron chi connectivity index (χ0n) is 10.7. The van der Waals surface area contributed by atoms with Gasteiger partial charge in [0.25, 0.3) is 5.69 Å². The molecule has 104 valence electrons. The van der Waals surface area contributed by atoms with Crippen molar-refractivity contribution in [1.82, 2.24) is 0 Å². The minimum absolute atomic E-state index is 0.0487. The zero-order chi connectivity index (χ0) is 13.8. The lowest BCUT2D eigenvalue weighted by Crippen LogP contribution is -2.13. The van der Waals surface area contributed by atoms with E-state index >= 15 is 0 Å². The SMILES string of the molecule is C[C@@H](O)c1cc([N+](=O)[O-])ccc1OCC1CCOC1. The molecule has 1 aliphatic heterocycles. The second kappa shape index (κ2) is 5.99. The second-order valence-electron chi connectivity index (χ2n) is 4.70. The van der Waals surface area contributed by atoms with Crippen LogP contribution in [0.1, 0.15) is 25.0 Å². The number of hydrogen-bond acceptors (Lipinski definition) is 5. The van der Waals surface area contributed by atoms with Crippen molar-refractivity contribution in [2.75, 3.05) is 19.8 Å². The van der Waals surface area contributed by atoms with Crippen LogP contribution in [0, 0.1) is 16.0 Å². The number of nitro benzene ring substituents is 1. The predicted molar refractivity (Wildman–Crippen MR) is 68.2 cm³/mol. The quantitative estimate of drug-likeness (QED) is 0.652. The maximum Gasteiger partial charge on any atom is 0.270 e. The Kier molecular flexibility index (Phi) is 4.34. The Balaban J connectivity index is 2.11. The molecule has 1 fully saturated rings. The number of ether oxygens (including phenoxy) is 2. The van der Waals surface area contributed by atoms with Crippen LogP contribution in [0.3, 0.4) is 0 Å². The van der Waals surface area contributed by atoms with Crippen LogP contribution in [0.25, 0.3) is 0 Å².